The molecule has 18 heavy (non-hydrogen) atoms. The molecule has 2 saturated carbocycles. The Balaban J connectivity index is 1.54. The lowest BCUT2D eigenvalue weighted by atomic mass is 9.82. The Hall–Kier alpha value is -0.250. The SMILES string of the molecule is FC(F)(F)C1CCCC(CC2CC3CCC2C3)N1. The smallest absolute Gasteiger partial charge is 0.303 e. The van der Waals surface area contributed by atoms with Crippen LogP contribution in [0.3, 0.4) is 0 Å². The van der Waals surface area contributed by atoms with Crippen LogP contribution >= 0.6 is 0 Å². The normalized spacial score (nSPS) is 44.5. The molecule has 0 radical (unpaired) electrons. The Morgan fingerprint density at radius 1 is 1.00 bits per heavy atom. The molecule has 3 rings (SSSR count). The van der Waals surface area contributed by atoms with Gasteiger partial charge in [-0.2, -0.15) is 13.2 Å². The third kappa shape index (κ3) is 2.54. The number of hydrogen-bond acceptors (Lipinski definition) is 1. The van der Waals surface area contributed by atoms with Crippen LogP contribution in [0.2, 0.25) is 0 Å². The average Bonchev–Trinajstić information content (AvgIpc) is 2.90. The van der Waals surface area contributed by atoms with Gasteiger partial charge in [-0.3, -0.25) is 0 Å². The summed E-state index contributed by atoms with van der Waals surface area (Å²) in [5.74, 6) is 2.42. The van der Waals surface area contributed by atoms with Crippen LogP contribution in [0.15, 0.2) is 0 Å². The molecule has 1 aliphatic heterocycles. The van der Waals surface area contributed by atoms with Crippen LogP contribution in [0, 0.1) is 17.8 Å². The molecule has 0 aromatic rings. The number of hydrogen-bond donors (Lipinski definition) is 1. The van der Waals surface area contributed by atoms with Crippen molar-refractivity contribution < 1.29 is 13.2 Å². The van der Waals surface area contributed by atoms with Gasteiger partial charge >= 0.3 is 6.18 Å². The van der Waals surface area contributed by atoms with Crippen molar-refractivity contribution in [2.45, 2.75) is 69.6 Å². The van der Waals surface area contributed by atoms with Gasteiger partial charge in [0.1, 0.15) is 6.04 Å². The van der Waals surface area contributed by atoms with Crippen LogP contribution < -0.4 is 5.32 Å². The first-order chi connectivity index (χ1) is 8.52. The van der Waals surface area contributed by atoms with Crippen LogP contribution in [0.1, 0.15) is 51.4 Å². The summed E-state index contributed by atoms with van der Waals surface area (Å²) in [5.41, 5.74) is 0. The topological polar surface area (TPSA) is 12.0 Å². The molecule has 5 unspecified atom stereocenters. The maximum Gasteiger partial charge on any atom is 0.403 e. The predicted octanol–water partition coefficient (Wildman–Crippen LogP) is 3.89. The summed E-state index contributed by atoms with van der Waals surface area (Å²) < 4.78 is 38.1. The predicted molar refractivity (Wildman–Crippen MR) is 64.2 cm³/mol. The van der Waals surface area contributed by atoms with E-state index in [-0.39, 0.29) is 12.5 Å². The zero-order chi connectivity index (χ0) is 12.8. The molecule has 5 atom stereocenters. The molecule has 1 heterocycles. The van der Waals surface area contributed by atoms with Crippen molar-refractivity contribution in [3.05, 3.63) is 0 Å². The quantitative estimate of drug-likeness (QED) is 0.795. The van der Waals surface area contributed by atoms with E-state index in [2.05, 4.69) is 5.32 Å². The van der Waals surface area contributed by atoms with E-state index in [4.69, 9.17) is 0 Å². The largest absolute Gasteiger partial charge is 0.403 e. The molecule has 0 amide bonds. The van der Waals surface area contributed by atoms with Crippen molar-refractivity contribution in [1.29, 1.82) is 0 Å². The Morgan fingerprint density at radius 2 is 1.83 bits per heavy atom. The monoisotopic (exact) mass is 261 g/mol. The molecule has 0 spiro atoms. The summed E-state index contributed by atoms with van der Waals surface area (Å²) in [6.07, 6.45) is 4.15. The molecule has 104 valence electrons. The fourth-order valence-corrected chi connectivity index (χ4v) is 4.49. The number of alkyl halides is 3. The molecule has 0 aromatic carbocycles. The number of piperidine rings is 1. The van der Waals surface area contributed by atoms with Crippen molar-refractivity contribution in [3.8, 4) is 0 Å². The third-order valence-corrected chi connectivity index (χ3v) is 5.35. The highest BCUT2D eigenvalue weighted by Gasteiger charge is 2.44. The van der Waals surface area contributed by atoms with E-state index in [1.807, 2.05) is 0 Å². The minimum absolute atomic E-state index is 0.106. The Kier molecular flexibility index (Phi) is 3.33. The molecular formula is C14H22F3N. The highest BCUT2D eigenvalue weighted by Crippen LogP contribution is 2.50. The first-order valence-corrected chi connectivity index (χ1v) is 7.35. The second-order valence-electron chi connectivity index (χ2n) is 6.56. The minimum Gasteiger partial charge on any atom is -0.303 e. The Bertz CT molecular complexity index is 302. The highest BCUT2D eigenvalue weighted by molar-refractivity contribution is 4.93. The second kappa shape index (κ2) is 4.69. The van der Waals surface area contributed by atoms with E-state index >= 15 is 0 Å². The van der Waals surface area contributed by atoms with Crippen LogP contribution in [0.5, 0.6) is 0 Å². The Labute approximate surface area is 107 Å². The molecule has 1 nitrogen and oxygen atoms in total. The van der Waals surface area contributed by atoms with Crippen LogP contribution in [-0.4, -0.2) is 18.3 Å². The first-order valence-electron chi connectivity index (χ1n) is 7.35. The number of fused-ring (bicyclic) bond motifs is 2. The fraction of sp³-hybridized carbons (Fsp3) is 1.00. The fourth-order valence-electron chi connectivity index (χ4n) is 4.49. The average molecular weight is 261 g/mol. The van der Waals surface area contributed by atoms with Crippen molar-refractivity contribution in [2.24, 2.45) is 17.8 Å². The van der Waals surface area contributed by atoms with E-state index < -0.39 is 12.2 Å². The summed E-state index contributed by atoms with van der Waals surface area (Å²) >= 11 is 0. The van der Waals surface area contributed by atoms with Gasteiger partial charge in [0.05, 0.1) is 0 Å². The third-order valence-electron chi connectivity index (χ3n) is 5.35. The maximum atomic E-state index is 12.7. The molecular weight excluding hydrogens is 239 g/mol. The Morgan fingerprint density at radius 3 is 2.44 bits per heavy atom. The van der Waals surface area contributed by atoms with Gasteiger partial charge < -0.3 is 5.32 Å². The van der Waals surface area contributed by atoms with Crippen LogP contribution in [0.4, 0.5) is 13.2 Å². The first kappa shape index (κ1) is 12.8. The van der Waals surface area contributed by atoms with Crippen molar-refractivity contribution in [3.63, 3.8) is 0 Å². The summed E-state index contributed by atoms with van der Waals surface area (Å²) in [6, 6.07) is -1.15. The van der Waals surface area contributed by atoms with Gasteiger partial charge in [0.25, 0.3) is 0 Å². The number of halogens is 3. The van der Waals surface area contributed by atoms with Crippen LogP contribution in [0.25, 0.3) is 0 Å². The molecule has 0 aromatic heterocycles. The standard InChI is InChI=1S/C14H22F3N/c15-14(16,17)13-3-1-2-12(18-13)8-11-7-9-4-5-10(11)6-9/h9-13,18H,1-8H2. The summed E-state index contributed by atoms with van der Waals surface area (Å²) in [6.45, 7) is 0. The van der Waals surface area contributed by atoms with E-state index in [1.54, 1.807) is 0 Å². The lowest BCUT2D eigenvalue weighted by molar-refractivity contribution is -0.163. The van der Waals surface area contributed by atoms with Crippen molar-refractivity contribution in [2.75, 3.05) is 0 Å². The van der Waals surface area contributed by atoms with E-state index in [1.165, 1.54) is 25.7 Å². The molecule has 4 heteroatoms. The lowest BCUT2D eigenvalue weighted by Gasteiger charge is -2.35. The number of rotatable bonds is 2. The van der Waals surface area contributed by atoms with Crippen LogP contribution in [-0.2, 0) is 0 Å². The molecule has 1 saturated heterocycles. The number of nitrogens with one attached hydrogen (secondary N) is 1. The zero-order valence-corrected chi connectivity index (χ0v) is 10.7. The molecule has 2 bridgehead atoms. The second-order valence-corrected chi connectivity index (χ2v) is 6.56. The van der Waals surface area contributed by atoms with Gasteiger partial charge in [-0.25, -0.2) is 0 Å². The minimum atomic E-state index is -4.06. The van der Waals surface area contributed by atoms with Gasteiger partial charge in [-0.15, -0.1) is 0 Å². The van der Waals surface area contributed by atoms with E-state index in [0.29, 0.717) is 5.92 Å². The lowest BCUT2D eigenvalue weighted by Crippen LogP contribution is -2.50. The highest BCUT2D eigenvalue weighted by atomic mass is 19.4. The summed E-state index contributed by atoms with van der Waals surface area (Å²) in [7, 11) is 0. The van der Waals surface area contributed by atoms with Gasteiger partial charge in [0.15, 0.2) is 0 Å². The maximum absolute atomic E-state index is 12.7. The van der Waals surface area contributed by atoms with Gasteiger partial charge in [0.2, 0.25) is 0 Å². The van der Waals surface area contributed by atoms with E-state index in [9.17, 15) is 13.2 Å². The molecule has 3 aliphatic rings. The zero-order valence-electron chi connectivity index (χ0n) is 10.7. The van der Waals surface area contributed by atoms with Gasteiger partial charge in [0, 0.05) is 6.04 Å². The summed E-state index contributed by atoms with van der Waals surface area (Å²) in [5, 5.41) is 2.85. The molecule has 1 N–H and O–H groups in total. The van der Waals surface area contributed by atoms with Gasteiger partial charge in [-0.1, -0.05) is 12.8 Å². The molecule has 2 aliphatic carbocycles. The van der Waals surface area contributed by atoms with Crippen molar-refractivity contribution >= 4 is 0 Å². The van der Waals surface area contributed by atoms with Crippen molar-refractivity contribution in [1.82, 2.24) is 5.32 Å². The van der Waals surface area contributed by atoms with Gasteiger partial charge in [-0.05, 0) is 56.3 Å². The summed E-state index contributed by atoms with van der Waals surface area (Å²) in [4.78, 5) is 0. The molecule has 3 fully saturated rings. The van der Waals surface area contributed by atoms with E-state index in [0.717, 1.165) is 31.1 Å².